The van der Waals surface area contributed by atoms with Crippen LogP contribution in [-0.4, -0.2) is 77.4 Å². The van der Waals surface area contributed by atoms with Gasteiger partial charge in [-0.05, 0) is 78.7 Å². The molecule has 218 valence electrons. The van der Waals surface area contributed by atoms with Crippen LogP contribution in [0.1, 0.15) is 24.0 Å². The molecular weight excluding hydrogens is 542 g/mol. The zero-order valence-corrected chi connectivity index (χ0v) is 24.9. The minimum atomic E-state index is -0.418. The second kappa shape index (κ2) is 13.3. The van der Waals surface area contributed by atoms with E-state index in [1.807, 2.05) is 29.3 Å². The molecule has 0 unspecified atom stereocenters. The molecular formula is C35H40ClN5O. The number of fused-ring (bicyclic) bond motifs is 1. The molecule has 2 N–H and O–H groups in total. The van der Waals surface area contributed by atoms with Crippen molar-refractivity contribution in [3.05, 3.63) is 101 Å². The number of likely N-dealkylation sites (tertiary alicyclic amines) is 1. The van der Waals surface area contributed by atoms with Crippen LogP contribution < -0.4 is 5.73 Å². The molecule has 1 atom stereocenters. The summed E-state index contributed by atoms with van der Waals surface area (Å²) in [6, 6.07) is 26.7. The molecule has 6 nitrogen and oxygen atoms in total. The molecule has 42 heavy (non-hydrogen) atoms. The number of hydrogen-bond acceptors (Lipinski definition) is 5. The van der Waals surface area contributed by atoms with Crippen molar-refractivity contribution in [2.75, 3.05) is 45.8 Å². The van der Waals surface area contributed by atoms with E-state index in [1.165, 1.54) is 27.6 Å². The second-order valence-corrected chi connectivity index (χ2v) is 12.2. The number of carbonyl (C=O) groups excluding carboxylic acids is 1. The van der Waals surface area contributed by atoms with Crippen LogP contribution >= 0.6 is 11.6 Å². The highest BCUT2D eigenvalue weighted by atomic mass is 35.5. The van der Waals surface area contributed by atoms with Gasteiger partial charge in [0.2, 0.25) is 5.91 Å². The highest BCUT2D eigenvalue weighted by Crippen LogP contribution is 2.28. The largest absolute Gasteiger partial charge is 0.339 e. The van der Waals surface area contributed by atoms with Gasteiger partial charge in [-0.15, -0.1) is 0 Å². The number of hydrogen-bond donors (Lipinski definition) is 1. The summed E-state index contributed by atoms with van der Waals surface area (Å²) >= 11 is 6.37. The number of piperazine rings is 1. The molecule has 4 aromatic rings. The summed E-state index contributed by atoms with van der Waals surface area (Å²) < 4.78 is 0. The number of aromatic nitrogens is 1. The number of halogens is 1. The van der Waals surface area contributed by atoms with Gasteiger partial charge in [0.25, 0.3) is 0 Å². The second-order valence-electron chi connectivity index (χ2n) is 11.7. The summed E-state index contributed by atoms with van der Waals surface area (Å²) in [4.78, 5) is 24.9. The van der Waals surface area contributed by atoms with E-state index in [0.29, 0.717) is 0 Å². The summed E-state index contributed by atoms with van der Waals surface area (Å²) in [6.45, 7) is 6.94. The fourth-order valence-electron chi connectivity index (χ4n) is 6.56. The van der Waals surface area contributed by atoms with Crippen LogP contribution in [-0.2, 0) is 17.8 Å². The first kappa shape index (κ1) is 28.8. The lowest BCUT2D eigenvalue weighted by molar-refractivity contribution is -0.136. The normalized spacial score (nSPS) is 17.9. The van der Waals surface area contributed by atoms with Gasteiger partial charge >= 0.3 is 0 Å². The minimum Gasteiger partial charge on any atom is -0.339 e. The summed E-state index contributed by atoms with van der Waals surface area (Å²) in [5, 5.41) is 1.95. The Morgan fingerprint density at radius 1 is 0.857 bits per heavy atom. The highest BCUT2D eigenvalue weighted by molar-refractivity contribution is 6.30. The van der Waals surface area contributed by atoms with Crippen molar-refractivity contribution in [3.8, 4) is 11.1 Å². The third-order valence-electron chi connectivity index (χ3n) is 9.07. The molecule has 1 aromatic heterocycles. The monoisotopic (exact) mass is 581 g/mol. The van der Waals surface area contributed by atoms with E-state index in [0.717, 1.165) is 82.2 Å². The first-order valence-electron chi connectivity index (χ1n) is 15.2. The first-order chi connectivity index (χ1) is 20.5. The number of carbonyl (C=O) groups is 1. The lowest BCUT2D eigenvalue weighted by Crippen LogP contribution is -2.55. The quantitative estimate of drug-likeness (QED) is 0.298. The van der Waals surface area contributed by atoms with E-state index in [2.05, 4.69) is 75.4 Å². The van der Waals surface area contributed by atoms with Gasteiger partial charge in [-0.2, -0.15) is 0 Å². The Morgan fingerprint density at radius 3 is 2.40 bits per heavy atom. The number of para-hydroxylation sites is 1. The molecule has 7 heteroatoms. The SMILES string of the molecule is N[C@@H](C(=O)N1CCN(Cc2cccc3cccnc23)CC1)C1CCN(CCc2cc(Cl)ccc2-c2ccccc2)CC1. The van der Waals surface area contributed by atoms with E-state index < -0.39 is 6.04 Å². The smallest absolute Gasteiger partial charge is 0.239 e. The number of benzene rings is 3. The molecule has 1 amide bonds. The lowest BCUT2D eigenvalue weighted by atomic mass is 9.88. The molecule has 2 aliphatic heterocycles. The Balaban J connectivity index is 0.971. The van der Waals surface area contributed by atoms with Crippen LogP contribution in [0.2, 0.25) is 5.02 Å². The zero-order valence-electron chi connectivity index (χ0n) is 24.2. The van der Waals surface area contributed by atoms with Crippen LogP contribution in [0, 0.1) is 5.92 Å². The summed E-state index contributed by atoms with van der Waals surface area (Å²) in [5.74, 6) is 0.353. The number of amides is 1. The fourth-order valence-corrected chi connectivity index (χ4v) is 6.75. The Kier molecular flexibility index (Phi) is 9.15. The van der Waals surface area contributed by atoms with Gasteiger partial charge < -0.3 is 15.5 Å². The van der Waals surface area contributed by atoms with Crippen molar-refractivity contribution < 1.29 is 4.79 Å². The van der Waals surface area contributed by atoms with Crippen LogP contribution in [0.4, 0.5) is 0 Å². The summed E-state index contributed by atoms with van der Waals surface area (Å²) in [6.07, 6.45) is 4.72. The van der Waals surface area contributed by atoms with Crippen molar-refractivity contribution in [1.29, 1.82) is 0 Å². The van der Waals surface area contributed by atoms with Gasteiger partial charge in [-0.25, -0.2) is 0 Å². The maximum Gasteiger partial charge on any atom is 0.239 e. The molecule has 0 spiro atoms. The standard InChI is InChI=1S/C35H40ClN5O/c36-31-11-12-32(26-6-2-1-3-7-26)29(24-31)15-19-39-17-13-27(14-18-39)33(37)35(42)41-22-20-40(21-23-41)25-30-9-4-8-28-10-5-16-38-34(28)30/h1-12,16,24,27,33H,13-15,17-23,25,37H2/t33-/m1/s1. The van der Waals surface area contributed by atoms with Crippen LogP contribution in [0.3, 0.4) is 0 Å². The minimum absolute atomic E-state index is 0.117. The fraction of sp³-hybridized carbons (Fsp3) is 0.371. The van der Waals surface area contributed by atoms with Gasteiger partial charge in [-0.1, -0.05) is 72.3 Å². The molecule has 3 heterocycles. The molecule has 2 aliphatic rings. The topological polar surface area (TPSA) is 65.7 Å². The van der Waals surface area contributed by atoms with Crippen molar-refractivity contribution in [1.82, 2.24) is 19.7 Å². The summed E-state index contributed by atoms with van der Waals surface area (Å²) in [5.41, 5.74) is 12.7. The molecule has 0 aliphatic carbocycles. The predicted octanol–water partition coefficient (Wildman–Crippen LogP) is 5.48. The molecule has 6 rings (SSSR count). The maximum atomic E-state index is 13.4. The predicted molar refractivity (Wildman–Crippen MR) is 171 cm³/mol. The lowest BCUT2D eigenvalue weighted by Gasteiger charge is -2.39. The number of pyridine rings is 1. The van der Waals surface area contributed by atoms with E-state index in [-0.39, 0.29) is 11.8 Å². The van der Waals surface area contributed by atoms with Crippen LogP contribution in [0.5, 0.6) is 0 Å². The van der Waals surface area contributed by atoms with Crippen molar-refractivity contribution in [3.63, 3.8) is 0 Å². The van der Waals surface area contributed by atoms with Crippen molar-refractivity contribution >= 4 is 28.4 Å². The molecule has 0 bridgehead atoms. The highest BCUT2D eigenvalue weighted by Gasteiger charge is 2.32. The van der Waals surface area contributed by atoms with Crippen LogP contribution in [0.25, 0.3) is 22.0 Å². The van der Waals surface area contributed by atoms with E-state index in [4.69, 9.17) is 17.3 Å². The van der Waals surface area contributed by atoms with Gasteiger partial charge in [0.15, 0.2) is 0 Å². The van der Waals surface area contributed by atoms with E-state index in [1.54, 1.807) is 0 Å². The third-order valence-corrected chi connectivity index (χ3v) is 9.30. The maximum absolute atomic E-state index is 13.4. The average molecular weight is 582 g/mol. The Labute approximate surface area is 254 Å². The third kappa shape index (κ3) is 6.68. The number of rotatable bonds is 8. The zero-order chi connectivity index (χ0) is 28.9. The van der Waals surface area contributed by atoms with Gasteiger partial charge in [-0.3, -0.25) is 14.7 Å². The molecule has 2 saturated heterocycles. The number of nitrogens with zero attached hydrogens (tertiary/aromatic N) is 4. The Bertz CT molecular complexity index is 1490. The van der Waals surface area contributed by atoms with Gasteiger partial charge in [0.05, 0.1) is 11.6 Å². The molecule has 0 saturated carbocycles. The van der Waals surface area contributed by atoms with Crippen molar-refractivity contribution in [2.24, 2.45) is 11.7 Å². The van der Waals surface area contributed by atoms with E-state index in [9.17, 15) is 4.79 Å². The number of nitrogens with two attached hydrogens (primary N) is 1. The molecule has 0 radical (unpaired) electrons. The van der Waals surface area contributed by atoms with Crippen LogP contribution in [0.15, 0.2) is 85.1 Å². The van der Waals surface area contributed by atoms with Gasteiger partial charge in [0.1, 0.15) is 0 Å². The van der Waals surface area contributed by atoms with Gasteiger partial charge in [0, 0.05) is 55.9 Å². The average Bonchev–Trinajstić information content (AvgIpc) is 3.04. The Hall–Kier alpha value is -3.29. The first-order valence-corrected chi connectivity index (χ1v) is 15.6. The summed E-state index contributed by atoms with van der Waals surface area (Å²) in [7, 11) is 0. The molecule has 2 fully saturated rings. The van der Waals surface area contributed by atoms with E-state index >= 15 is 0 Å². The van der Waals surface area contributed by atoms with Crippen molar-refractivity contribution in [2.45, 2.75) is 31.8 Å². The Morgan fingerprint density at radius 2 is 1.62 bits per heavy atom. The number of piperidine rings is 1. The molecule has 3 aromatic carbocycles.